The third-order valence-electron chi connectivity index (χ3n) is 2.55. The van der Waals surface area contributed by atoms with Crippen LogP contribution in [-0.2, 0) is 6.42 Å². The minimum absolute atomic E-state index is 1.11. The maximum absolute atomic E-state index is 3.75. The van der Waals surface area contributed by atoms with Crippen molar-refractivity contribution in [2.24, 2.45) is 0 Å². The van der Waals surface area contributed by atoms with Crippen molar-refractivity contribution < 1.29 is 0 Å². The van der Waals surface area contributed by atoms with Crippen molar-refractivity contribution in [2.45, 2.75) is 19.3 Å². The van der Waals surface area contributed by atoms with E-state index in [0.717, 1.165) is 6.42 Å². The van der Waals surface area contributed by atoms with Crippen LogP contribution in [0.5, 0.6) is 0 Å². The van der Waals surface area contributed by atoms with Gasteiger partial charge in [-0.25, -0.2) is 0 Å². The fourth-order valence-corrected chi connectivity index (χ4v) is 2.75. The first-order valence-corrected chi connectivity index (χ1v) is 6.47. The standard InChI is InChI=1S/C15H16S/c1-2-3-5-10-14-11-12-15(16-14)13-8-6-4-7-9-13/h2,4,6-9,11-12H,1,3,5,10H2. The molecule has 2 rings (SSSR count). The van der Waals surface area contributed by atoms with Crippen molar-refractivity contribution in [3.8, 4) is 10.4 Å². The smallest absolute Gasteiger partial charge is 0.0345 e. The number of aryl methyl sites for hydroxylation is 1. The topological polar surface area (TPSA) is 0 Å². The summed E-state index contributed by atoms with van der Waals surface area (Å²) >= 11 is 1.90. The van der Waals surface area contributed by atoms with Crippen LogP contribution in [-0.4, -0.2) is 0 Å². The fraction of sp³-hybridized carbons (Fsp3) is 0.200. The molecule has 0 spiro atoms. The van der Waals surface area contributed by atoms with Gasteiger partial charge in [-0.2, -0.15) is 0 Å². The average molecular weight is 228 g/mol. The van der Waals surface area contributed by atoms with E-state index in [0.29, 0.717) is 0 Å². The molecule has 0 amide bonds. The van der Waals surface area contributed by atoms with Crippen molar-refractivity contribution >= 4 is 11.3 Å². The van der Waals surface area contributed by atoms with E-state index < -0.39 is 0 Å². The van der Waals surface area contributed by atoms with Crippen LogP contribution in [0.4, 0.5) is 0 Å². The number of benzene rings is 1. The third-order valence-corrected chi connectivity index (χ3v) is 3.75. The van der Waals surface area contributed by atoms with Gasteiger partial charge < -0.3 is 0 Å². The van der Waals surface area contributed by atoms with Crippen molar-refractivity contribution in [3.05, 3.63) is 60.0 Å². The van der Waals surface area contributed by atoms with Gasteiger partial charge in [-0.1, -0.05) is 36.4 Å². The predicted molar refractivity (Wildman–Crippen MR) is 72.9 cm³/mol. The van der Waals surface area contributed by atoms with Crippen molar-refractivity contribution in [3.63, 3.8) is 0 Å². The summed E-state index contributed by atoms with van der Waals surface area (Å²) in [5.74, 6) is 0. The van der Waals surface area contributed by atoms with Gasteiger partial charge in [-0.3, -0.25) is 0 Å². The summed E-state index contributed by atoms with van der Waals surface area (Å²) in [6, 6.07) is 15.0. The molecule has 0 saturated carbocycles. The molecule has 0 aliphatic carbocycles. The lowest BCUT2D eigenvalue weighted by Crippen LogP contribution is -1.77. The molecule has 1 heterocycles. The van der Waals surface area contributed by atoms with E-state index in [1.165, 1.54) is 28.2 Å². The number of unbranched alkanes of at least 4 members (excludes halogenated alkanes) is 1. The van der Waals surface area contributed by atoms with Crippen LogP contribution < -0.4 is 0 Å². The van der Waals surface area contributed by atoms with Gasteiger partial charge in [0, 0.05) is 9.75 Å². The van der Waals surface area contributed by atoms with Gasteiger partial charge >= 0.3 is 0 Å². The summed E-state index contributed by atoms with van der Waals surface area (Å²) < 4.78 is 0. The second-order valence-corrected chi connectivity index (χ2v) is 4.98. The lowest BCUT2D eigenvalue weighted by atomic mass is 10.2. The predicted octanol–water partition coefficient (Wildman–Crippen LogP) is 4.92. The maximum Gasteiger partial charge on any atom is 0.0345 e. The van der Waals surface area contributed by atoms with E-state index in [9.17, 15) is 0 Å². The van der Waals surface area contributed by atoms with E-state index in [4.69, 9.17) is 0 Å². The molecule has 0 radical (unpaired) electrons. The van der Waals surface area contributed by atoms with Gasteiger partial charge in [0.05, 0.1) is 0 Å². The number of hydrogen-bond acceptors (Lipinski definition) is 1. The first kappa shape index (κ1) is 11.2. The summed E-state index contributed by atoms with van der Waals surface area (Å²) in [7, 11) is 0. The van der Waals surface area contributed by atoms with Gasteiger partial charge in [0.1, 0.15) is 0 Å². The zero-order valence-electron chi connectivity index (χ0n) is 9.36. The SMILES string of the molecule is C=CCCCc1ccc(-c2ccccc2)s1. The Kier molecular flexibility index (Phi) is 3.95. The molecule has 0 nitrogen and oxygen atoms in total. The minimum Gasteiger partial charge on any atom is -0.140 e. The summed E-state index contributed by atoms with van der Waals surface area (Å²) in [6.07, 6.45) is 5.48. The van der Waals surface area contributed by atoms with Crippen LogP contribution in [0.3, 0.4) is 0 Å². The molecule has 0 aliphatic heterocycles. The van der Waals surface area contributed by atoms with E-state index in [1.54, 1.807) is 0 Å². The zero-order chi connectivity index (χ0) is 11.2. The molecule has 2 aromatic rings. The molecule has 0 aliphatic rings. The Morgan fingerprint density at radius 2 is 1.88 bits per heavy atom. The first-order valence-electron chi connectivity index (χ1n) is 5.65. The van der Waals surface area contributed by atoms with Crippen molar-refractivity contribution in [2.75, 3.05) is 0 Å². The van der Waals surface area contributed by atoms with Crippen molar-refractivity contribution in [1.82, 2.24) is 0 Å². The molecule has 1 heteroatoms. The normalized spacial score (nSPS) is 10.2. The molecule has 82 valence electrons. The molecular weight excluding hydrogens is 212 g/mol. The molecule has 0 N–H and O–H groups in total. The lowest BCUT2D eigenvalue weighted by molar-refractivity contribution is 0.856. The van der Waals surface area contributed by atoms with Crippen LogP contribution in [0.1, 0.15) is 17.7 Å². The summed E-state index contributed by atoms with van der Waals surface area (Å²) in [4.78, 5) is 2.84. The number of allylic oxidation sites excluding steroid dienone is 1. The number of hydrogen-bond donors (Lipinski definition) is 0. The zero-order valence-corrected chi connectivity index (χ0v) is 10.2. The maximum atomic E-state index is 3.75. The van der Waals surface area contributed by atoms with Gasteiger partial charge in [-0.15, -0.1) is 17.9 Å². The third kappa shape index (κ3) is 2.83. The lowest BCUT2D eigenvalue weighted by Gasteiger charge is -1.96. The Morgan fingerprint density at radius 1 is 1.06 bits per heavy atom. The molecule has 0 bridgehead atoms. The van der Waals surface area contributed by atoms with Crippen molar-refractivity contribution in [1.29, 1.82) is 0 Å². The number of rotatable bonds is 5. The van der Waals surface area contributed by atoms with E-state index >= 15 is 0 Å². The Labute approximate surface area is 101 Å². The second kappa shape index (κ2) is 5.66. The van der Waals surface area contributed by atoms with Gasteiger partial charge in [0.25, 0.3) is 0 Å². The highest BCUT2D eigenvalue weighted by Crippen LogP contribution is 2.28. The highest BCUT2D eigenvalue weighted by molar-refractivity contribution is 7.15. The van der Waals surface area contributed by atoms with E-state index in [2.05, 4.69) is 49.0 Å². The average Bonchev–Trinajstić information content (AvgIpc) is 2.79. The molecule has 0 saturated heterocycles. The van der Waals surface area contributed by atoms with Crippen LogP contribution in [0, 0.1) is 0 Å². The van der Waals surface area contributed by atoms with Gasteiger partial charge in [0.15, 0.2) is 0 Å². The second-order valence-electron chi connectivity index (χ2n) is 3.81. The van der Waals surface area contributed by atoms with Gasteiger partial charge in [-0.05, 0) is 37.0 Å². The Hall–Kier alpha value is -1.34. The van der Waals surface area contributed by atoms with Crippen LogP contribution in [0.2, 0.25) is 0 Å². The molecule has 0 unspecified atom stereocenters. The fourth-order valence-electron chi connectivity index (χ4n) is 1.69. The Balaban J connectivity index is 2.05. The first-order chi connectivity index (χ1) is 7.90. The summed E-state index contributed by atoms with van der Waals surface area (Å²) in [5.41, 5.74) is 1.32. The Bertz CT molecular complexity index is 439. The summed E-state index contributed by atoms with van der Waals surface area (Å²) in [6.45, 7) is 3.75. The highest BCUT2D eigenvalue weighted by Gasteiger charge is 2.01. The van der Waals surface area contributed by atoms with E-state index in [1.807, 2.05) is 17.4 Å². The molecular formula is C15H16S. The van der Waals surface area contributed by atoms with Crippen LogP contribution >= 0.6 is 11.3 Å². The molecule has 0 fully saturated rings. The molecule has 1 aromatic carbocycles. The summed E-state index contributed by atoms with van der Waals surface area (Å²) in [5, 5.41) is 0. The quantitative estimate of drug-likeness (QED) is 0.503. The number of thiophene rings is 1. The van der Waals surface area contributed by atoms with E-state index in [-0.39, 0.29) is 0 Å². The van der Waals surface area contributed by atoms with Crippen LogP contribution in [0.15, 0.2) is 55.1 Å². The monoisotopic (exact) mass is 228 g/mol. The largest absolute Gasteiger partial charge is 0.140 e. The van der Waals surface area contributed by atoms with Gasteiger partial charge in [0.2, 0.25) is 0 Å². The molecule has 0 atom stereocenters. The Morgan fingerprint density at radius 3 is 2.62 bits per heavy atom. The highest BCUT2D eigenvalue weighted by atomic mass is 32.1. The molecule has 16 heavy (non-hydrogen) atoms. The van der Waals surface area contributed by atoms with Crippen LogP contribution in [0.25, 0.3) is 10.4 Å². The molecule has 1 aromatic heterocycles. The minimum atomic E-state index is 1.11.